The second-order valence-electron chi connectivity index (χ2n) is 14.8. The lowest BCUT2D eigenvalue weighted by atomic mass is 9.91. The summed E-state index contributed by atoms with van der Waals surface area (Å²) in [6.07, 6.45) is 7.27. The van der Waals surface area contributed by atoms with Gasteiger partial charge >= 0.3 is 0 Å². The van der Waals surface area contributed by atoms with E-state index in [-0.39, 0.29) is 0 Å². The Balaban J connectivity index is 0.997. The summed E-state index contributed by atoms with van der Waals surface area (Å²) in [6, 6.07) is 72.8. The van der Waals surface area contributed by atoms with Gasteiger partial charge in [0.25, 0.3) is 0 Å². The standard InChI is InChI=1S/C56H38N4/c1-2-12-39(13-3-1)50-34-51(44-18-4-14-40(30-44)42-16-6-20-46(32-42)53-24-8-26-55(59-53)48-22-10-28-57-37-48)36-52(35-50)45-19-5-15-41(31-45)43-17-7-21-47(33-43)54-25-9-27-56(60-54)49-23-11-29-58-38-49/h1-38H. The zero-order valence-corrected chi connectivity index (χ0v) is 32.7. The number of nitrogens with zero attached hydrogens (tertiary/aromatic N) is 4. The average Bonchev–Trinajstić information content (AvgIpc) is 3.35. The molecule has 0 fully saturated rings. The molecule has 0 saturated heterocycles. The predicted molar refractivity (Wildman–Crippen MR) is 247 cm³/mol. The molecule has 10 aromatic rings. The van der Waals surface area contributed by atoms with Gasteiger partial charge in [0, 0.05) is 47.0 Å². The summed E-state index contributed by atoms with van der Waals surface area (Å²) in [5, 5.41) is 0. The van der Waals surface area contributed by atoms with Crippen LogP contribution in [0.4, 0.5) is 0 Å². The SMILES string of the molecule is c1ccc(-c2cc(-c3cccc(-c4cccc(-c5cccc(-c6cccnc6)n5)c4)c3)cc(-c3cccc(-c4cccc(-c5cccc(-c6cccnc6)n5)c4)c3)c2)cc1. The molecule has 0 spiro atoms. The molecule has 0 unspecified atom stereocenters. The molecule has 0 bridgehead atoms. The first-order chi connectivity index (χ1) is 29.7. The average molecular weight is 767 g/mol. The summed E-state index contributed by atoms with van der Waals surface area (Å²) in [6.45, 7) is 0. The highest BCUT2D eigenvalue weighted by Gasteiger charge is 2.12. The molecule has 60 heavy (non-hydrogen) atoms. The van der Waals surface area contributed by atoms with E-state index < -0.39 is 0 Å². The van der Waals surface area contributed by atoms with Crippen molar-refractivity contribution in [2.75, 3.05) is 0 Å². The van der Waals surface area contributed by atoms with Gasteiger partial charge in [-0.3, -0.25) is 9.97 Å². The lowest BCUT2D eigenvalue weighted by Gasteiger charge is -2.14. The van der Waals surface area contributed by atoms with Crippen molar-refractivity contribution in [3.63, 3.8) is 0 Å². The Bertz CT molecular complexity index is 2900. The molecule has 0 aliphatic rings. The first kappa shape index (κ1) is 36.3. The van der Waals surface area contributed by atoms with E-state index in [1.54, 1.807) is 12.4 Å². The van der Waals surface area contributed by atoms with Crippen molar-refractivity contribution in [1.82, 2.24) is 19.9 Å². The number of hydrogen-bond acceptors (Lipinski definition) is 4. The van der Waals surface area contributed by atoms with Crippen molar-refractivity contribution in [3.05, 3.63) is 231 Å². The third kappa shape index (κ3) is 7.78. The minimum absolute atomic E-state index is 0.904. The number of rotatable bonds is 9. The number of benzene rings is 6. The van der Waals surface area contributed by atoms with E-state index in [1.165, 1.54) is 11.1 Å². The Morgan fingerprint density at radius 2 is 0.483 bits per heavy atom. The van der Waals surface area contributed by atoms with Gasteiger partial charge in [0.2, 0.25) is 0 Å². The van der Waals surface area contributed by atoms with Crippen LogP contribution in [-0.2, 0) is 0 Å². The van der Waals surface area contributed by atoms with Crippen LogP contribution in [0.3, 0.4) is 0 Å². The molecular formula is C56H38N4. The first-order valence-electron chi connectivity index (χ1n) is 20.1. The van der Waals surface area contributed by atoms with Gasteiger partial charge in [-0.15, -0.1) is 0 Å². The predicted octanol–water partition coefficient (Wildman–Crippen LogP) is 14.3. The molecule has 4 nitrogen and oxygen atoms in total. The number of aromatic nitrogens is 4. The monoisotopic (exact) mass is 766 g/mol. The highest BCUT2D eigenvalue weighted by Crippen LogP contribution is 2.37. The normalized spacial score (nSPS) is 11.0. The fourth-order valence-electron chi connectivity index (χ4n) is 7.77. The number of hydrogen-bond donors (Lipinski definition) is 0. The van der Waals surface area contributed by atoms with E-state index in [9.17, 15) is 0 Å². The molecule has 0 aliphatic heterocycles. The maximum absolute atomic E-state index is 5.00. The molecule has 0 N–H and O–H groups in total. The van der Waals surface area contributed by atoms with E-state index in [0.717, 1.165) is 89.5 Å². The zero-order chi connectivity index (χ0) is 40.1. The quantitative estimate of drug-likeness (QED) is 0.147. The summed E-state index contributed by atoms with van der Waals surface area (Å²) in [4.78, 5) is 18.6. The summed E-state index contributed by atoms with van der Waals surface area (Å²) in [5.41, 5.74) is 19.3. The van der Waals surface area contributed by atoms with Gasteiger partial charge in [0.15, 0.2) is 0 Å². The molecular weight excluding hydrogens is 729 g/mol. The molecule has 0 atom stereocenters. The van der Waals surface area contributed by atoms with Crippen molar-refractivity contribution in [3.8, 4) is 101 Å². The van der Waals surface area contributed by atoms with Gasteiger partial charge in [0.1, 0.15) is 0 Å². The maximum Gasteiger partial charge on any atom is 0.0725 e. The third-order valence-corrected chi connectivity index (χ3v) is 10.8. The molecule has 4 aromatic heterocycles. The van der Waals surface area contributed by atoms with Crippen LogP contribution < -0.4 is 0 Å². The van der Waals surface area contributed by atoms with Crippen molar-refractivity contribution in [1.29, 1.82) is 0 Å². The maximum atomic E-state index is 5.00. The van der Waals surface area contributed by atoms with Crippen LogP contribution in [0.25, 0.3) is 101 Å². The fraction of sp³-hybridized carbons (Fsp3) is 0. The van der Waals surface area contributed by atoms with Crippen LogP contribution in [0, 0.1) is 0 Å². The van der Waals surface area contributed by atoms with Crippen LogP contribution in [0.15, 0.2) is 231 Å². The summed E-state index contributed by atoms with van der Waals surface area (Å²) >= 11 is 0. The summed E-state index contributed by atoms with van der Waals surface area (Å²) < 4.78 is 0. The van der Waals surface area contributed by atoms with Gasteiger partial charge < -0.3 is 0 Å². The Labute approximate surface area is 350 Å². The smallest absolute Gasteiger partial charge is 0.0725 e. The molecule has 6 aromatic carbocycles. The van der Waals surface area contributed by atoms with Gasteiger partial charge in [-0.05, 0) is 147 Å². The largest absolute Gasteiger partial charge is 0.264 e. The first-order valence-corrected chi connectivity index (χ1v) is 20.1. The van der Waals surface area contributed by atoms with Crippen molar-refractivity contribution < 1.29 is 0 Å². The minimum Gasteiger partial charge on any atom is -0.264 e. The van der Waals surface area contributed by atoms with Crippen LogP contribution in [-0.4, -0.2) is 19.9 Å². The molecule has 4 heteroatoms. The molecule has 10 rings (SSSR count). The Kier molecular flexibility index (Phi) is 9.92. The van der Waals surface area contributed by atoms with Crippen LogP contribution in [0.5, 0.6) is 0 Å². The van der Waals surface area contributed by atoms with Crippen molar-refractivity contribution in [2.45, 2.75) is 0 Å². The number of pyridine rings is 4. The van der Waals surface area contributed by atoms with Crippen molar-refractivity contribution >= 4 is 0 Å². The molecule has 0 radical (unpaired) electrons. The summed E-state index contributed by atoms with van der Waals surface area (Å²) in [5.74, 6) is 0. The van der Waals surface area contributed by atoms with Gasteiger partial charge in [-0.25, -0.2) is 9.97 Å². The molecule has 4 heterocycles. The topological polar surface area (TPSA) is 51.6 Å². The lowest BCUT2D eigenvalue weighted by molar-refractivity contribution is 1.28. The zero-order valence-electron chi connectivity index (χ0n) is 32.7. The van der Waals surface area contributed by atoms with Crippen LogP contribution in [0.1, 0.15) is 0 Å². The van der Waals surface area contributed by atoms with E-state index in [1.807, 2.05) is 48.8 Å². The van der Waals surface area contributed by atoms with Crippen molar-refractivity contribution in [2.24, 2.45) is 0 Å². The highest BCUT2D eigenvalue weighted by molar-refractivity contribution is 5.85. The molecule has 282 valence electrons. The van der Waals surface area contributed by atoms with Gasteiger partial charge in [0.05, 0.1) is 22.8 Å². The fourth-order valence-corrected chi connectivity index (χ4v) is 7.77. The van der Waals surface area contributed by atoms with E-state index in [4.69, 9.17) is 9.97 Å². The van der Waals surface area contributed by atoms with E-state index in [2.05, 4.69) is 180 Å². The highest BCUT2D eigenvalue weighted by atomic mass is 14.7. The Morgan fingerprint density at radius 3 is 0.883 bits per heavy atom. The van der Waals surface area contributed by atoms with Gasteiger partial charge in [-0.1, -0.05) is 115 Å². The minimum atomic E-state index is 0.904. The van der Waals surface area contributed by atoms with Crippen LogP contribution >= 0.6 is 0 Å². The molecule has 0 saturated carbocycles. The van der Waals surface area contributed by atoms with E-state index >= 15 is 0 Å². The Hall–Kier alpha value is -8.08. The second kappa shape index (κ2) is 16.4. The Morgan fingerprint density at radius 1 is 0.200 bits per heavy atom. The second-order valence-corrected chi connectivity index (χ2v) is 14.8. The van der Waals surface area contributed by atoms with E-state index in [0.29, 0.717) is 0 Å². The summed E-state index contributed by atoms with van der Waals surface area (Å²) in [7, 11) is 0. The van der Waals surface area contributed by atoms with Crippen LogP contribution in [0.2, 0.25) is 0 Å². The van der Waals surface area contributed by atoms with Gasteiger partial charge in [-0.2, -0.15) is 0 Å². The lowest BCUT2D eigenvalue weighted by Crippen LogP contribution is -1.90. The third-order valence-electron chi connectivity index (χ3n) is 10.8. The molecule has 0 amide bonds. The molecule has 0 aliphatic carbocycles.